The molecule has 2 fully saturated rings. The standard InChI is InChI=1S/C21H17BrClNO3S2/c1-26-17-8-13(9-19-20(25)24(14-6-7-14)21(28)29-19)15(22)10-18(17)27-11-12-4-2-3-5-16(12)23/h2-5,8-10,14H,6-7,11H2,1H3. The summed E-state index contributed by atoms with van der Waals surface area (Å²) in [6.45, 7) is 0.321. The molecule has 0 unspecified atom stereocenters. The number of rotatable bonds is 6. The van der Waals surface area contributed by atoms with E-state index in [0.29, 0.717) is 32.4 Å². The monoisotopic (exact) mass is 509 g/mol. The Morgan fingerprint density at radius 2 is 2.07 bits per heavy atom. The van der Waals surface area contributed by atoms with Crippen molar-refractivity contribution in [3.05, 3.63) is 61.9 Å². The van der Waals surface area contributed by atoms with Gasteiger partial charge in [0.05, 0.1) is 12.0 Å². The van der Waals surface area contributed by atoms with Crippen LogP contribution in [0.1, 0.15) is 24.0 Å². The Bertz CT molecular complexity index is 1020. The van der Waals surface area contributed by atoms with Gasteiger partial charge < -0.3 is 9.47 Å². The van der Waals surface area contributed by atoms with Gasteiger partial charge in [0.1, 0.15) is 10.9 Å². The molecular weight excluding hydrogens is 494 g/mol. The van der Waals surface area contributed by atoms with Gasteiger partial charge in [-0.2, -0.15) is 0 Å². The molecule has 1 amide bonds. The van der Waals surface area contributed by atoms with Crippen LogP contribution in [0.25, 0.3) is 6.08 Å². The summed E-state index contributed by atoms with van der Waals surface area (Å²) < 4.78 is 12.9. The molecule has 4 nitrogen and oxygen atoms in total. The summed E-state index contributed by atoms with van der Waals surface area (Å²) in [5, 5.41) is 0.653. The van der Waals surface area contributed by atoms with E-state index in [1.807, 2.05) is 42.5 Å². The second kappa shape index (κ2) is 8.68. The normalized spacial score (nSPS) is 17.9. The average molecular weight is 511 g/mol. The molecule has 1 aliphatic heterocycles. The Balaban J connectivity index is 1.57. The van der Waals surface area contributed by atoms with Crippen LogP contribution in [0.5, 0.6) is 11.5 Å². The maximum absolute atomic E-state index is 12.7. The van der Waals surface area contributed by atoms with Crippen LogP contribution in [0.15, 0.2) is 45.8 Å². The lowest BCUT2D eigenvalue weighted by Crippen LogP contribution is -2.30. The maximum atomic E-state index is 12.7. The number of thiocarbonyl (C=S) groups is 1. The number of ether oxygens (including phenoxy) is 2. The number of nitrogens with zero attached hydrogens (tertiary/aromatic N) is 1. The lowest BCUT2D eigenvalue weighted by atomic mass is 10.1. The van der Waals surface area contributed by atoms with E-state index in [4.69, 9.17) is 33.3 Å². The highest BCUT2D eigenvalue weighted by molar-refractivity contribution is 9.10. The summed E-state index contributed by atoms with van der Waals surface area (Å²) in [5.41, 5.74) is 1.71. The van der Waals surface area contributed by atoms with Gasteiger partial charge in [0.15, 0.2) is 11.5 Å². The average Bonchev–Trinajstić information content (AvgIpc) is 3.49. The second-order valence-electron chi connectivity index (χ2n) is 6.69. The largest absolute Gasteiger partial charge is 0.493 e. The first-order valence-electron chi connectivity index (χ1n) is 8.98. The summed E-state index contributed by atoms with van der Waals surface area (Å²) in [4.78, 5) is 15.0. The Labute approximate surface area is 192 Å². The van der Waals surface area contributed by atoms with E-state index in [9.17, 15) is 4.79 Å². The number of carbonyl (C=O) groups is 1. The van der Waals surface area contributed by atoms with Gasteiger partial charge in [-0.25, -0.2) is 0 Å². The number of amides is 1. The number of thioether (sulfide) groups is 1. The highest BCUT2D eigenvalue weighted by Gasteiger charge is 2.42. The molecule has 1 saturated heterocycles. The number of benzene rings is 2. The Morgan fingerprint density at radius 1 is 1.31 bits per heavy atom. The summed E-state index contributed by atoms with van der Waals surface area (Å²) in [6, 6.07) is 11.5. The fourth-order valence-corrected chi connectivity index (χ4v) is 4.99. The van der Waals surface area contributed by atoms with E-state index >= 15 is 0 Å². The molecule has 2 aliphatic rings. The zero-order valence-electron chi connectivity index (χ0n) is 15.5. The molecule has 1 saturated carbocycles. The van der Waals surface area contributed by atoms with Crippen LogP contribution in [0, 0.1) is 0 Å². The third-order valence-electron chi connectivity index (χ3n) is 4.65. The molecule has 0 N–H and O–H groups in total. The molecule has 4 rings (SSSR count). The fraction of sp³-hybridized carbons (Fsp3) is 0.238. The Hall–Kier alpha value is -1.54. The first-order chi connectivity index (χ1) is 14.0. The van der Waals surface area contributed by atoms with Crippen LogP contribution in [0.4, 0.5) is 0 Å². The summed E-state index contributed by atoms with van der Waals surface area (Å²) in [6.07, 6.45) is 3.88. The van der Waals surface area contributed by atoms with Crippen molar-refractivity contribution in [2.75, 3.05) is 7.11 Å². The molecule has 150 valence electrons. The number of hydrogen-bond donors (Lipinski definition) is 0. The smallest absolute Gasteiger partial charge is 0.266 e. The number of carbonyl (C=O) groups excluding carboxylic acids is 1. The zero-order valence-corrected chi connectivity index (χ0v) is 19.5. The minimum atomic E-state index is -0.0209. The maximum Gasteiger partial charge on any atom is 0.266 e. The highest BCUT2D eigenvalue weighted by atomic mass is 79.9. The quantitative estimate of drug-likeness (QED) is 0.349. The Kier molecular flexibility index (Phi) is 6.20. The van der Waals surface area contributed by atoms with Crippen molar-refractivity contribution < 1.29 is 14.3 Å². The van der Waals surface area contributed by atoms with Gasteiger partial charge >= 0.3 is 0 Å². The third kappa shape index (κ3) is 4.48. The van der Waals surface area contributed by atoms with Crippen LogP contribution < -0.4 is 9.47 Å². The van der Waals surface area contributed by atoms with Crippen molar-refractivity contribution in [3.8, 4) is 11.5 Å². The number of halogens is 2. The van der Waals surface area contributed by atoms with Gasteiger partial charge in [0.25, 0.3) is 5.91 Å². The minimum Gasteiger partial charge on any atom is -0.493 e. The van der Waals surface area contributed by atoms with Gasteiger partial charge in [0, 0.05) is 21.1 Å². The van der Waals surface area contributed by atoms with Gasteiger partial charge in [-0.3, -0.25) is 9.69 Å². The van der Waals surface area contributed by atoms with E-state index in [1.165, 1.54) is 11.8 Å². The van der Waals surface area contributed by atoms with Crippen molar-refractivity contribution >= 4 is 67.8 Å². The van der Waals surface area contributed by atoms with Crippen LogP contribution in [-0.2, 0) is 11.4 Å². The van der Waals surface area contributed by atoms with Gasteiger partial charge in [-0.05, 0) is 42.7 Å². The van der Waals surface area contributed by atoms with Crippen molar-refractivity contribution in [2.45, 2.75) is 25.5 Å². The first-order valence-corrected chi connectivity index (χ1v) is 11.4. The molecule has 8 heteroatoms. The predicted molar refractivity (Wildman–Crippen MR) is 125 cm³/mol. The SMILES string of the molecule is COc1cc(C=C2SC(=S)N(C3CC3)C2=O)c(Br)cc1OCc1ccccc1Cl. The molecule has 2 aromatic carbocycles. The lowest BCUT2D eigenvalue weighted by molar-refractivity contribution is -0.122. The molecule has 1 heterocycles. The van der Waals surface area contributed by atoms with Crippen molar-refractivity contribution in [2.24, 2.45) is 0 Å². The van der Waals surface area contributed by atoms with Crippen LogP contribution in [0.3, 0.4) is 0 Å². The van der Waals surface area contributed by atoms with E-state index in [-0.39, 0.29) is 11.9 Å². The lowest BCUT2D eigenvalue weighted by Gasteiger charge is -2.14. The molecule has 29 heavy (non-hydrogen) atoms. The minimum absolute atomic E-state index is 0.0209. The first kappa shape index (κ1) is 20.7. The van der Waals surface area contributed by atoms with Crippen LogP contribution in [-0.4, -0.2) is 28.3 Å². The molecular formula is C21H17BrClNO3S2. The zero-order chi connectivity index (χ0) is 20.5. The number of hydrogen-bond acceptors (Lipinski definition) is 5. The predicted octanol–water partition coefficient (Wildman–Crippen LogP) is 6.05. The van der Waals surface area contributed by atoms with Gasteiger partial charge in [0.2, 0.25) is 0 Å². The molecule has 0 aromatic heterocycles. The van der Waals surface area contributed by atoms with Crippen LogP contribution in [0.2, 0.25) is 5.02 Å². The summed E-state index contributed by atoms with van der Waals surface area (Å²) in [5.74, 6) is 1.14. The van der Waals surface area contributed by atoms with E-state index in [0.717, 1.165) is 28.4 Å². The van der Waals surface area contributed by atoms with Crippen molar-refractivity contribution in [3.63, 3.8) is 0 Å². The van der Waals surface area contributed by atoms with Gasteiger partial charge in [-0.15, -0.1) is 0 Å². The molecule has 0 spiro atoms. The van der Waals surface area contributed by atoms with Gasteiger partial charge in [-0.1, -0.05) is 69.7 Å². The number of methoxy groups -OCH3 is 1. The molecule has 0 atom stereocenters. The van der Waals surface area contributed by atoms with Crippen LogP contribution >= 0.6 is 51.5 Å². The fourth-order valence-electron chi connectivity index (χ4n) is 2.97. The molecule has 1 aliphatic carbocycles. The van der Waals surface area contributed by atoms with E-state index in [1.54, 1.807) is 12.0 Å². The molecule has 0 radical (unpaired) electrons. The Morgan fingerprint density at radius 3 is 2.76 bits per heavy atom. The van der Waals surface area contributed by atoms with Crippen molar-refractivity contribution in [1.29, 1.82) is 0 Å². The van der Waals surface area contributed by atoms with E-state index in [2.05, 4.69) is 15.9 Å². The van der Waals surface area contributed by atoms with E-state index < -0.39 is 0 Å². The highest BCUT2D eigenvalue weighted by Crippen LogP contribution is 2.42. The third-order valence-corrected chi connectivity index (χ3v) is 7.03. The van der Waals surface area contributed by atoms with Crippen molar-refractivity contribution in [1.82, 2.24) is 4.90 Å². The topological polar surface area (TPSA) is 38.8 Å². The molecule has 0 bridgehead atoms. The summed E-state index contributed by atoms with van der Waals surface area (Å²) >= 11 is 16.5. The molecule has 2 aromatic rings. The summed E-state index contributed by atoms with van der Waals surface area (Å²) in [7, 11) is 1.59. The second-order valence-corrected chi connectivity index (χ2v) is 9.62.